The first-order valence-corrected chi connectivity index (χ1v) is 6.62. The second-order valence-electron chi connectivity index (χ2n) is 4.97. The van der Waals surface area contributed by atoms with Crippen LogP contribution in [0.1, 0.15) is 19.3 Å². The van der Waals surface area contributed by atoms with Gasteiger partial charge in [-0.05, 0) is 19.3 Å². The standard InChI is InChI=1S/C12H21N3O4/c1-18-12(17)14-8-4-5-15(7-8)11(16)10-3-2-9(6-13)19-10/h8-10H,2-7,13H2,1H3,(H,14,17). The van der Waals surface area contributed by atoms with Crippen molar-refractivity contribution in [1.82, 2.24) is 10.2 Å². The second kappa shape index (κ2) is 6.21. The van der Waals surface area contributed by atoms with E-state index >= 15 is 0 Å². The number of carbonyl (C=O) groups is 2. The summed E-state index contributed by atoms with van der Waals surface area (Å²) in [5, 5.41) is 2.71. The van der Waals surface area contributed by atoms with E-state index < -0.39 is 6.09 Å². The number of ether oxygens (including phenoxy) is 2. The second-order valence-corrected chi connectivity index (χ2v) is 4.97. The fourth-order valence-electron chi connectivity index (χ4n) is 2.57. The van der Waals surface area contributed by atoms with E-state index in [0.717, 1.165) is 19.3 Å². The third kappa shape index (κ3) is 3.36. The molecule has 0 radical (unpaired) electrons. The molecule has 0 spiro atoms. The summed E-state index contributed by atoms with van der Waals surface area (Å²) < 4.78 is 10.1. The maximum absolute atomic E-state index is 12.2. The molecule has 3 atom stereocenters. The molecule has 2 amide bonds. The van der Waals surface area contributed by atoms with Gasteiger partial charge in [-0.2, -0.15) is 0 Å². The van der Waals surface area contributed by atoms with Gasteiger partial charge in [0.1, 0.15) is 6.10 Å². The summed E-state index contributed by atoms with van der Waals surface area (Å²) in [4.78, 5) is 25.1. The van der Waals surface area contributed by atoms with Crippen LogP contribution in [0, 0.1) is 0 Å². The summed E-state index contributed by atoms with van der Waals surface area (Å²) in [6, 6.07) is -0.0388. The molecule has 7 heteroatoms. The maximum atomic E-state index is 12.2. The van der Waals surface area contributed by atoms with Gasteiger partial charge in [-0.3, -0.25) is 4.79 Å². The van der Waals surface area contributed by atoms with Gasteiger partial charge < -0.3 is 25.4 Å². The van der Waals surface area contributed by atoms with Crippen LogP contribution in [0.4, 0.5) is 4.79 Å². The Labute approximate surface area is 112 Å². The fourth-order valence-corrected chi connectivity index (χ4v) is 2.57. The molecule has 7 nitrogen and oxygen atoms in total. The Hall–Kier alpha value is -1.34. The minimum absolute atomic E-state index is 0.000504. The molecule has 0 aromatic heterocycles. The van der Waals surface area contributed by atoms with Crippen LogP contribution in [0.3, 0.4) is 0 Å². The molecule has 0 saturated carbocycles. The number of alkyl carbamates (subject to hydrolysis) is 1. The molecule has 2 heterocycles. The summed E-state index contributed by atoms with van der Waals surface area (Å²) in [5.74, 6) is 0.00474. The molecule has 3 N–H and O–H groups in total. The lowest BCUT2D eigenvalue weighted by atomic mass is 10.2. The van der Waals surface area contributed by atoms with E-state index in [-0.39, 0.29) is 24.2 Å². The van der Waals surface area contributed by atoms with Gasteiger partial charge in [-0.1, -0.05) is 0 Å². The van der Waals surface area contributed by atoms with E-state index in [1.807, 2.05) is 0 Å². The molecule has 2 rings (SSSR count). The first kappa shape index (κ1) is 14.1. The lowest BCUT2D eigenvalue weighted by Gasteiger charge is -2.21. The zero-order valence-corrected chi connectivity index (χ0v) is 11.1. The van der Waals surface area contributed by atoms with E-state index in [1.165, 1.54) is 7.11 Å². The average molecular weight is 271 g/mol. The van der Waals surface area contributed by atoms with Gasteiger partial charge in [-0.25, -0.2) is 4.79 Å². The van der Waals surface area contributed by atoms with Crippen molar-refractivity contribution in [2.75, 3.05) is 26.7 Å². The molecule has 108 valence electrons. The third-order valence-electron chi connectivity index (χ3n) is 3.65. The van der Waals surface area contributed by atoms with Crippen molar-refractivity contribution in [3.05, 3.63) is 0 Å². The van der Waals surface area contributed by atoms with Crippen LogP contribution in [-0.2, 0) is 14.3 Å². The van der Waals surface area contributed by atoms with E-state index in [0.29, 0.717) is 19.6 Å². The van der Waals surface area contributed by atoms with Crippen LogP contribution in [0.5, 0.6) is 0 Å². The summed E-state index contributed by atoms with van der Waals surface area (Å²) in [5.41, 5.74) is 5.53. The Kier molecular flexibility index (Phi) is 4.60. The van der Waals surface area contributed by atoms with Crippen molar-refractivity contribution in [3.63, 3.8) is 0 Å². The Morgan fingerprint density at radius 1 is 1.42 bits per heavy atom. The summed E-state index contributed by atoms with van der Waals surface area (Å²) in [6.07, 6.45) is 1.48. The number of carbonyl (C=O) groups excluding carboxylic acids is 2. The largest absolute Gasteiger partial charge is 0.453 e. The van der Waals surface area contributed by atoms with Gasteiger partial charge in [0.05, 0.1) is 19.3 Å². The third-order valence-corrected chi connectivity index (χ3v) is 3.65. The van der Waals surface area contributed by atoms with Crippen LogP contribution in [0.25, 0.3) is 0 Å². The Morgan fingerprint density at radius 2 is 2.21 bits per heavy atom. The van der Waals surface area contributed by atoms with Crippen molar-refractivity contribution in [2.24, 2.45) is 5.73 Å². The number of hydrogen-bond donors (Lipinski definition) is 2. The van der Waals surface area contributed by atoms with E-state index in [1.54, 1.807) is 4.90 Å². The predicted octanol–water partition coefficient (Wildman–Crippen LogP) is -0.550. The van der Waals surface area contributed by atoms with Crippen molar-refractivity contribution in [2.45, 2.75) is 37.5 Å². The fraction of sp³-hybridized carbons (Fsp3) is 0.833. The number of nitrogens with two attached hydrogens (primary N) is 1. The average Bonchev–Trinajstić information content (AvgIpc) is 3.06. The van der Waals surface area contributed by atoms with Crippen molar-refractivity contribution < 1.29 is 19.1 Å². The molecule has 2 saturated heterocycles. The highest BCUT2D eigenvalue weighted by molar-refractivity contribution is 5.81. The number of methoxy groups -OCH3 is 1. The zero-order chi connectivity index (χ0) is 13.8. The maximum Gasteiger partial charge on any atom is 0.407 e. The van der Waals surface area contributed by atoms with Gasteiger partial charge in [0, 0.05) is 19.6 Å². The number of nitrogens with one attached hydrogen (secondary N) is 1. The quantitative estimate of drug-likeness (QED) is 0.718. The molecule has 0 aromatic carbocycles. The Bertz CT molecular complexity index is 350. The number of likely N-dealkylation sites (tertiary alicyclic amines) is 1. The topological polar surface area (TPSA) is 93.9 Å². The minimum atomic E-state index is -0.459. The Morgan fingerprint density at radius 3 is 2.84 bits per heavy atom. The van der Waals surface area contributed by atoms with Crippen LogP contribution in [0.2, 0.25) is 0 Å². The number of rotatable bonds is 3. The SMILES string of the molecule is COC(=O)NC1CCN(C(=O)C2CCC(CN)O2)C1. The first-order chi connectivity index (χ1) is 9.13. The molecule has 3 unspecified atom stereocenters. The number of amides is 2. The van der Waals surface area contributed by atoms with E-state index in [2.05, 4.69) is 10.1 Å². The smallest absolute Gasteiger partial charge is 0.407 e. The lowest BCUT2D eigenvalue weighted by Crippen LogP contribution is -2.41. The molecular formula is C12H21N3O4. The predicted molar refractivity (Wildman–Crippen MR) is 67.5 cm³/mol. The highest BCUT2D eigenvalue weighted by atomic mass is 16.5. The highest BCUT2D eigenvalue weighted by Crippen LogP contribution is 2.22. The van der Waals surface area contributed by atoms with Crippen LogP contribution < -0.4 is 11.1 Å². The number of nitrogens with zero attached hydrogens (tertiary/aromatic N) is 1. The first-order valence-electron chi connectivity index (χ1n) is 6.62. The van der Waals surface area contributed by atoms with E-state index in [4.69, 9.17) is 10.5 Å². The van der Waals surface area contributed by atoms with Crippen LogP contribution >= 0.6 is 0 Å². The molecule has 0 aromatic rings. The normalized spacial score (nSPS) is 30.4. The molecule has 19 heavy (non-hydrogen) atoms. The van der Waals surface area contributed by atoms with Gasteiger partial charge >= 0.3 is 6.09 Å². The van der Waals surface area contributed by atoms with Crippen molar-refractivity contribution in [3.8, 4) is 0 Å². The van der Waals surface area contributed by atoms with Crippen molar-refractivity contribution in [1.29, 1.82) is 0 Å². The van der Waals surface area contributed by atoms with Crippen LogP contribution in [0.15, 0.2) is 0 Å². The molecule has 0 bridgehead atoms. The summed E-state index contributed by atoms with van der Waals surface area (Å²) in [7, 11) is 1.33. The minimum Gasteiger partial charge on any atom is -0.453 e. The number of hydrogen-bond acceptors (Lipinski definition) is 5. The molecule has 2 aliphatic heterocycles. The summed E-state index contributed by atoms with van der Waals surface area (Å²) >= 11 is 0. The highest BCUT2D eigenvalue weighted by Gasteiger charge is 2.36. The molecule has 2 aliphatic rings. The summed E-state index contributed by atoms with van der Waals surface area (Å²) in [6.45, 7) is 1.61. The van der Waals surface area contributed by atoms with Gasteiger partial charge in [0.25, 0.3) is 5.91 Å². The monoisotopic (exact) mass is 271 g/mol. The molecule has 0 aliphatic carbocycles. The van der Waals surface area contributed by atoms with E-state index in [9.17, 15) is 9.59 Å². The zero-order valence-electron chi connectivity index (χ0n) is 11.1. The lowest BCUT2D eigenvalue weighted by molar-refractivity contribution is -0.141. The van der Waals surface area contributed by atoms with Crippen molar-refractivity contribution >= 4 is 12.0 Å². The van der Waals surface area contributed by atoms with Gasteiger partial charge in [0.2, 0.25) is 0 Å². The molecule has 2 fully saturated rings. The Balaban J connectivity index is 1.80. The van der Waals surface area contributed by atoms with Gasteiger partial charge in [0.15, 0.2) is 0 Å². The molecular weight excluding hydrogens is 250 g/mol. The van der Waals surface area contributed by atoms with Crippen LogP contribution in [-0.4, -0.2) is 61.9 Å². The van der Waals surface area contributed by atoms with Gasteiger partial charge in [-0.15, -0.1) is 0 Å².